The Morgan fingerprint density at radius 1 is 1.21 bits per heavy atom. The first-order valence-corrected chi connectivity index (χ1v) is 8.73. The lowest BCUT2D eigenvalue weighted by atomic mass is 9.96. The Bertz CT molecular complexity index is 669. The van der Waals surface area contributed by atoms with Gasteiger partial charge in [0.15, 0.2) is 0 Å². The molecule has 24 heavy (non-hydrogen) atoms. The predicted octanol–water partition coefficient (Wildman–Crippen LogP) is 3.38. The van der Waals surface area contributed by atoms with Crippen LogP contribution >= 0.6 is 11.6 Å². The summed E-state index contributed by atoms with van der Waals surface area (Å²) in [7, 11) is 0. The molecule has 1 aromatic carbocycles. The molecule has 1 aliphatic rings. The zero-order valence-corrected chi connectivity index (χ0v) is 14.4. The number of carbonyl (C=O) groups is 1. The van der Waals surface area contributed by atoms with Crippen LogP contribution in [0, 0.1) is 5.92 Å². The number of pyridine rings is 1. The zero-order chi connectivity index (χ0) is 16.8. The second-order valence-electron chi connectivity index (χ2n) is 6.30. The maximum Gasteiger partial charge on any atom is 0.251 e. The average molecular weight is 344 g/mol. The molecule has 1 aromatic heterocycles. The molecule has 1 N–H and O–H groups in total. The van der Waals surface area contributed by atoms with E-state index < -0.39 is 0 Å². The van der Waals surface area contributed by atoms with Crippen LogP contribution in [0.5, 0.6) is 0 Å². The van der Waals surface area contributed by atoms with E-state index in [0.29, 0.717) is 16.5 Å². The van der Waals surface area contributed by atoms with Crippen molar-refractivity contribution in [3.63, 3.8) is 0 Å². The maximum atomic E-state index is 12.2. The Labute approximate surface area is 147 Å². The first-order valence-electron chi connectivity index (χ1n) is 8.36. The number of aromatic nitrogens is 1. The van der Waals surface area contributed by atoms with Crippen LogP contribution in [0.15, 0.2) is 48.8 Å². The van der Waals surface area contributed by atoms with Gasteiger partial charge in [-0.25, -0.2) is 0 Å². The van der Waals surface area contributed by atoms with Crippen LogP contribution < -0.4 is 5.32 Å². The second-order valence-corrected chi connectivity index (χ2v) is 6.73. The minimum absolute atomic E-state index is 0.0447. The normalized spacial score (nSPS) is 16.0. The maximum absolute atomic E-state index is 12.2. The molecule has 2 aromatic rings. The summed E-state index contributed by atoms with van der Waals surface area (Å²) in [5.41, 5.74) is 1.93. The van der Waals surface area contributed by atoms with Gasteiger partial charge < -0.3 is 5.32 Å². The molecular weight excluding hydrogens is 322 g/mol. The van der Waals surface area contributed by atoms with Gasteiger partial charge in [-0.15, -0.1) is 0 Å². The van der Waals surface area contributed by atoms with E-state index in [-0.39, 0.29) is 5.91 Å². The van der Waals surface area contributed by atoms with Crippen LogP contribution in [0.25, 0.3) is 0 Å². The Kier molecular flexibility index (Phi) is 5.83. The average Bonchev–Trinajstić information content (AvgIpc) is 2.62. The lowest BCUT2D eigenvalue weighted by Gasteiger charge is -2.32. The van der Waals surface area contributed by atoms with Gasteiger partial charge >= 0.3 is 0 Å². The quantitative estimate of drug-likeness (QED) is 0.905. The number of rotatable bonds is 5. The Morgan fingerprint density at radius 3 is 2.67 bits per heavy atom. The topological polar surface area (TPSA) is 45.2 Å². The van der Waals surface area contributed by atoms with Gasteiger partial charge in [-0.05, 0) is 67.7 Å². The summed E-state index contributed by atoms with van der Waals surface area (Å²) in [6, 6.07) is 11.2. The van der Waals surface area contributed by atoms with Crippen molar-refractivity contribution in [1.29, 1.82) is 0 Å². The Hall–Kier alpha value is -1.91. The van der Waals surface area contributed by atoms with Crippen molar-refractivity contribution in [3.8, 4) is 0 Å². The second kappa shape index (κ2) is 8.27. The molecule has 0 aliphatic carbocycles. The Morgan fingerprint density at radius 2 is 1.96 bits per heavy atom. The SMILES string of the molecule is O=C(NCC1CCN(Cc2ccncc2)CC1)c1cccc(Cl)c1. The number of piperidine rings is 1. The highest BCUT2D eigenvalue weighted by Crippen LogP contribution is 2.18. The standard InChI is InChI=1S/C19H22ClN3O/c20-18-3-1-2-17(12-18)19(24)22-13-15-6-10-23(11-7-15)14-16-4-8-21-9-5-16/h1-5,8-9,12,15H,6-7,10-11,13-14H2,(H,22,24). The van der Waals surface area contributed by atoms with Crippen molar-refractivity contribution in [2.45, 2.75) is 19.4 Å². The molecule has 126 valence electrons. The van der Waals surface area contributed by atoms with Crippen LogP contribution in [0.2, 0.25) is 5.02 Å². The van der Waals surface area contributed by atoms with E-state index in [2.05, 4.69) is 27.3 Å². The minimum atomic E-state index is -0.0447. The molecule has 2 heterocycles. The van der Waals surface area contributed by atoms with E-state index in [1.807, 2.05) is 12.4 Å². The summed E-state index contributed by atoms with van der Waals surface area (Å²) >= 11 is 5.93. The monoisotopic (exact) mass is 343 g/mol. The molecule has 1 fully saturated rings. The van der Waals surface area contributed by atoms with Crippen LogP contribution in [0.3, 0.4) is 0 Å². The molecule has 0 spiro atoms. The van der Waals surface area contributed by atoms with E-state index in [1.165, 1.54) is 5.56 Å². The molecule has 1 amide bonds. The number of amides is 1. The van der Waals surface area contributed by atoms with Gasteiger partial charge in [0, 0.05) is 36.1 Å². The molecule has 0 saturated carbocycles. The van der Waals surface area contributed by atoms with Gasteiger partial charge in [-0.1, -0.05) is 17.7 Å². The van der Waals surface area contributed by atoms with Gasteiger partial charge in [-0.3, -0.25) is 14.7 Å². The van der Waals surface area contributed by atoms with E-state index in [9.17, 15) is 4.79 Å². The van der Waals surface area contributed by atoms with Gasteiger partial charge in [0.25, 0.3) is 5.91 Å². The van der Waals surface area contributed by atoms with Crippen molar-refractivity contribution in [1.82, 2.24) is 15.2 Å². The van der Waals surface area contributed by atoms with Gasteiger partial charge in [0.2, 0.25) is 0 Å². The van der Waals surface area contributed by atoms with Crippen LogP contribution in [0.1, 0.15) is 28.8 Å². The highest BCUT2D eigenvalue weighted by Gasteiger charge is 2.20. The van der Waals surface area contributed by atoms with Gasteiger partial charge in [0.1, 0.15) is 0 Å². The number of nitrogens with one attached hydrogen (secondary N) is 1. The third-order valence-corrected chi connectivity index (χ3v) is 4.74. The fourth-order valence-corrected chi connectivity index (χ4v) is 3.25. The van der Waals surface area contributed by atoms with Crippen LogP contribution in [0.4, 0.5) is 0 Å². The largest absolute Gasteiger partial charge is 0.352 e. The molecule has 0 bridgehead atoms. The fraction of sp³-hybridized carbons (Fsp3) is 0.368. The number of benzene rings is 1. The molecule has 0 atom stereocenters. The van der Waals surface area contributed by atoms with Crippen molar-refractivity contribution in [2.24, 2.45) is 5.92 Å². The summed E-state index contributed by atoms with van der Waals surface area (Å²) in [5.74, 6) is 0.499. The zero-order valence-electron chi connectivity index (χ0n) is 13.6. The van der Waals surface area contributed by atoms with Crippen molar-refractivity contribution >= 4 is 17.5 Å². The summed E-state index contributed by atoms with van der Waals surface area (Å²) in [4.78, 5) is 18.7. The number of nitrogens with zero attached hydrogens (tertiary/aromatic N) is 2. The summed E-state index contributed by atoms with van der Waals surface area (Å²) < 4.78 is 0. The molecule has 0 radical (unpaired) electrons. The van der Waals surface area contributed by atoms with Crippen molar-refractivity contribution in [3.05, 3.63) is 64.9 Å². The Balaban J connectivity index is 1.42. The smallest absolute Gasteiger partial charge is 0.251 e. The summed E-state index contributed by atoms with van der Waals surface area (Å²) in [5, 5.41) is 3.63. The number of likely N-dealkylation sites (tertiary alicyclic amines) is 1. The molecular formula is C19H22ClN3O. The lowest BCUT2D eigenvalue weighted by molar-refractivity contribution is 0.0935. The first kappa shape index (κ1) is 16.9. The summed E-state index contributed by atoms with van der Waals surface area (Å²) in [6.45, 7) is 3.85. The van der Waals surface area contributed by atoms with Gasteiger partial charge in [0.05, 0.1) is 0 Å². The van der Waals surface area contributed by atoms with Crippen molar-refractivity contribution < 1.29 is 4.79 Å². The molecule has 3 rings (SSSR count). The third-order valence-electron chi connectivity index (χ3n) is 4.50. The van der Waals surface area contributed by atoms with Gasteiger partial charge in [-0.2, -0.15) is 0 Å². The van der Waals surface area contributed by atoms with E-state index in [4.69, 9.17) is 11.6 Å². The molecule has 5 heteroatoms. The lowest BCUT2D eigenvalue weighted by Crippen LogP contribution is -2.38. The van der Waals surface area contributed by atoms with E-state index >= 15 is 0 Å². The highest BCUT2D eigenvalue weighted by atomic mass is 35.5. The first-order chi connectivity index (χ1) is 11.7. The van der Waals surface area contributed by atoms with Crippen LogP contribution in [-0.2, 0) is 6.54 Å². The van der Waals surface area contributed by atoms with E-state index in [1.54, 1.807) is 24.3 Å². The third kappa shape index (κ3) is 4.79. The number of halogens is 1. The van der Waals surface area contributed by atoms with Crippen LogP contribution in [-0.4, -0.2) is 35.4 Å². The molecule has 1 aliphatic heterocycles. The number of carbonyl (C=O) groups excluding carboxylic acids is 1. The summed E-state index contributed by atoms with van der Waals surface area (Å²) in [6.07, 6.45) is 5.91. The molecule has 4 nitrogen and oxygen atoms in total. The molecule has 1 saturated heterocycles. The number of hydrogen-bond acceptors (Lipinski definition) is 3. The van der Waals surface area contributed by atoms with E-state index in [0.717, 1.165) is 39.0 Å². The molecule has 0 unspecified atom stereocenters. The minimum Gasteiger partial charge on any atom is -0.352 e. The predicted molar refractivity (Wildman–Crippen MR) is 96.0 cm³/mol. The number of hydrogen-bond donors (Lipinski definition) is 1. The fourth-order valence-electron chi connectivity index (χ4n) is 3.06. The highest BCUT2D eigenvalue weighted by molar-refractivity contribution is 6.30. The van der Waals surface area contributed by atoms with Crippen molar-refractivity contribution in [2.75, 3.05) is 19.6 Å².